The molecule has 0 aliphatic rings. The van der Waals surface area contributed by atoms with Crippen molar-refractivity contribution < 1.29 is 9.47 Å². The minimum atomic E-state index is 0.463. The Bertz CT molecular complexity index is 196. The second-order valence-electron chi connectivity index (χ2n) is 5.07. The highest BCUT2D eigenvalue weighted by molar-refractivity contribution is 4.82. The Morgan fingerprint density at radius 1 is 0.737 bits per heavy atom. The molecule has 0 aliphatic carbocycles. The number of unbranched alkanes of at least 4 members (excludes halogenated alkanes) is 9. The molecule has 0 amide bonds. The van der Waals surface area contributed by atoms with Crippen molar-refractivity contribution in [1.82, 2.24) is 0 Å². The Balaban J connectivity index is 2.90. The number of hydrogen-bond donors (Lipinski definition) is 0. The summed E-state index contributed by atoms with van der Waals surface area (Å²) in [5, 5.41) is 0. The summed E-state index contributed by atoms with van der Waals surface area (Å²) in [5.74, 6) is 2.67. The van der Waals surface area contributed by atoms with Gasteiger partial charge in [-0.25, -0.2) is 0 Å². The molecule has 19 heavy (non-hydrogen) atoms. The SMILES string of the molecule is C#CCCCCCCCOCOCCCCCCC. The fourth-order valence-electron chi connectivity index (χ4n) is 1.95. The molecule has 0 spiro atoms. The van der Waals surface area contributed by atoms with Crippen LogP contribution in [0.1, 0.15) is 77.6 Å². The predicted octanol–water partition coefficient (Wildman–Crippen LogP) is 4.92. The van der Waals surface area contributed by atoms with E-state index in [1.165, 1.54) is 57.8 Å². The van der Waals surface area contributed by atoms with E-state index in [0.717, 1.165) is 26.1 Å². The molecule has 0 saturated carbocycles. The van der Waals surface area contributed by atoms with Crippen LogP contribution >= 0.6 is 0 Å². The van der Waals surface area contributed by atoms with Crippen LogP contribution in [-0.2, 0) is 9.47 Å². The first-order valence-corrected chi connectivity index (χ1v) is 8.00. The van der Waals surface area contributed by atoms with Gasteiger partial charge in [0.1, 0.15) is 6.79 Å². The van der Waals surface area contributed by atoms with Gasteiger partial charge in [-0.1, -0.05) is 51.9 Å². The van der Waals surface area contributed by atoms with Crippen LogP contribution in [0.5, 0.6) is 0 Å². The number of ether oxygens (including phenoxy) is 2. The molecule has 2 heteroatoms. The van der Waals surface area contributed by atoms with Gasteiger partial charge in [0, 0.05) is 19.6 Å². The fraction of sp³-hybridized carbons (Fsp3) is 0.882. The van der Waals surface area contributed by atoms with Crippen molar-refractivity contribution in [2.24, 2.45) is 0 Å². The lowest BCUT2D eigenvalue weighted by Crippen LogP contribution is -2.03. The average molecular weight is 268 g/mol. The summed E-state index contributed by atoms with van der Waals surface area (Å²) in [7, 11) is 0. The minimum Gasteiger partial charge on any atom is -0.355 e. The topological polar surface area (TPSA) is 18.5 Å². The van der Waals surface area contributed by atoms with Crippen LogP contribution in [-0.4, -0.2) is 20.0 Å². The quantitative estimate of drug-likeness (QED) is 0.238. The van der Waals surface area contributed by atoms with E-state index in [-0.39, 0.29) is 0 Å². The largest absolute Gasteiger partial charge is 0.355 e. The van der Waals surface area contributed by atoms with E-state index >= 15 is 0 Å². The van der Waals surface area contributed by atoms with Gasteiger partial charge < -0.3 is 9.47 Å². The summed E-state index contributed by atoms with van der Waals surface area (Å²) in [4.78, 5) is 0. The molecule has 0 rings (SSSR count). The summed E-state index contributed by atoms with van der Waals surface area (Å²) in [6, 6.07) is 0. The van der Waals surface area contributed by atoms with Crippen molar-refractivity contribution in [3.8, 4) is 12.3 Å². The molecular formula is C17H32O2. The van der Waals surface area contributed by atoms with Crippen LogP contribution in [0.25, 0.3) is 0 Å². The maximum Gasteiger partial charge on any atom is 0.146 e. The predicted molar refractivity (Wildman–Crippen MR) is 82.1 cm³/mol. The molecule has 0 radical (unpaired) electrons. The maximum absolute atomic E-state index is 5.43. The zero-order valence-electron chi connectivity index (χ0n) is 12.8. The standard InChI is InChI=1S/C17H32O2/c1-3-5-7-9-10-12-14-16-19-17-18-15-13-11-8-6-4-2/h1H,4-17H2,2H3. The van der Waals surface area contributed by atoms with Gasteiger partial charge in [-0.15, -0.1) is 12.3 Å². The second-order valence-corrected chi connectivity index (χ2v) is 5.07. The van der Waals surface area contributed by atoms with Crippen molar-refractivity contribution in [1.29, 1.82) is 0 Å². The van der Waals surface area contributed by atoms with Crippen molar-refractivity contribution >= 4 is 0 Å². The van der Waals surface area contributed by atoms with Gasteiger partial charge in [0.2, 0.25) is 0 Å². The maximum atomic E-state index is 5.43. The van der Waals surface area contributed by atoms with E-state index in [2.05, 4.69) is 12.8 Å². The fourth-order valence-corrected chi connectivity index (χ4v) is 1.95. The summed E-state index contributed by atoms with van der Waals surface area (Å²) < 4.78 is 10.9. The van der Waals surface area contributed by atoms with E-state index in [9.17, 15) is 0 Å². The van der Waals surface area contributed by atoms with E-state index in [0.29, 0.717) is 6.79 Å². The molecule has 0 aromatic carbocycles. The van der Waals surface area contributed by atoms with E-state index < -0.39 is 0 Å². The third-order valence-corrected chi connectivity index (χ3v) is 3.17. The number of hydrogen-bond acceptors (Lipinski definition) is 2. The molecule has 0 saturated heterocycles. The highest BCUT2D eigenvalue weighted by atomic mass is 16.7. The second kappa shape index (κ2) is 17.5. The van der Waals surface area contributed by atoms with Gasteiger partial charge >= 0.3 is 0 Å². The van der Waals surface area contributed by atoms with Gasteiger partial charge in [0.15, 0.2) is 0 Å². The van der Waals surface area contributed by atoms with Crippen molar-refractivity contribution in [3.05, 3.63) is 0 Å². The Labute approximate surface area is 120 Å². The average Bonchev–Trinajstić information content (AvgIpc) is 2.43. The van der Waals surface area contributed by atoms with Crippen LogP contribution < -0.4 is 0 Å². The van der Waals surface area contributed by atoms with E-state index in [4.69, 9.17) is 15.9 Å². The lowest BCUT2D eigenvalue weighted by atomic mass is 10.1. The molecule has 0 aromatic heterocycles. The Morgan fingerprint density at radius 3 is 1.84 bits per heavy atom. The molecule has 0 unspecified atom stereocenters. The minimum absolute atomic E-state index is 0.463. The molecule has 0 fully saturated rings. The molecule has 2 nitrogen and oxygen atoms in total. The monoisotopic (exact) mass is 268 g/mol. The zero-order chi connectivity index (χ0) is 14.0. The molecule has 0 heterocycles. The summed E-state index contributed by atoms with van der Waals surface area (Å²) in [6.07, 6.45) is 18.6. The van der Waals surface area contributed by atoms with Gasteiger partial charge in [0.25, 0.3) is 0 Å². The highest BCUT2D eigenvalue weighted by Gasteiger charge is 1.93. The zero-order valence-corrected chi connectivity index (χ0v) is 12.8. The Morgan fingerprint density at radius 2 is 1.26 bits per heavy atom. The third-order valence-electron chi connectivity index (χ3n) is 3.17. The first kappa shape index (κ1) is 18.5. The normalized spacial score (nSPS) is 10.5. The molecule has 0 aromatic rings. The summed E-state index contributed by atoms with van der Waals surface area (Å²) >= 11 is 0. The molecule has 0 N–H and O–H groups in total. The van der Waals surface area contributed by atoms with Crippen LogP contribution in [0.3, 0.4) is 0 Å². The first-order chi connectivity index (χ1) is 9.41. The van der Waals surface area contributed by atoms with Gasteiger partial charge in [0.05, 0.1) is 0 Å². The molecule has 0 bridgehead atoms. The van der Waals surface area contributed by atoms with Gasteiger partial charge in [-0.3, -0.25) is 0 Å². The Hall–Kier alpha value is -0.520. The van der Waals surface area contributed by atoms with E-state index in [1.807, 2.05) is 0 Å². The molecule has 112 valence electrons. The number of rotatable bonds is 15. The summed E-state index contributed by atoms with van der Waals surface area (Å²) in [5.41, 5.74) is 0. The van der Waals surface area contributed by atoms with Crippen LogP contribution in [0.15, 0.2) is 0 Å². The lowest BCUT2D eigenvalue weighted by molar-refractivity contribution is -0.0556. The highest BCUT2D eigenvalue weighted by Crippen LogP contribution is 2.05. The lowest BCUT2D eigenvalue weighted by Gasteiger charge is -2.05. The first-order valence-electron chi connectivity index (χ1n) is 8.00. The number of terminal acetylenes is 1. The van der Waals surface area contributed by atoms with Crippen LogP contribution in [0.4, 0.5) is 0 Å². The van der Waals surface area contributed by atoms with Crippen molar-refractivity contribution in [2.75, 3.05) is 20.0 Å². The third kappa shape index (κ3) is 17.5. The van der Waals surface area contributed by atoms with Crippen molar-refractivity contribution in [2.45, 2.75) is 77.6 Å². The molecule has 0 atom stereocenters. The Kier molecular flexibility index (Phi) is 17.0. The van der Waals surface area contributed by atoms with E-state index in [1.54, 1.807) is 0 Å². The van der Waals surface area contributed by atoms with Crippen LogP contribution in [0, 0.1) is 12.3 Å². The summed E-state index contributed by atoms with van der Waals surface area (Å²) in [6.45, 7) is 4.37. The van der Waals surface area contributed by atoms with Crippen LogP contribution in [0.2, 0.25) is 0 Å². The molecular weight excluding hydrogens is 236 g/mol. The van der Waals surface area contributed by atoms with Gasteiger partial charge in [-0.05, 0) is 19.3 Å². The smallest absolute Gasteiger partial charge is 0.146 e. The van der Waals surface area contributed by atoms with Crippen molar-refractivity contribution in [3.63, 3.8) is 0 Å². The molecule has 0 aliphatic heterocycles. The van der Waals surface area contributed by atoms with Gasteiger partial charge in [-0.2, -0.15) is 0 Å².